The predicted octanol–water partition coefficient (Wildman–Crippen LogP) is 6.72. The van der Waals surface area contributed by atoms with Crippen molar-refractivity contribution in [2.24, 2.45) is 4.99 Å². The van der Waals surface area contributed by atoms with Crippen molar-refractivity contribution in [3.05, 3.63) is 155 Å². The molecule has 4 aromatic carbocycles. The van der Waals surface area contributed by atoms with E-state index in [1.165, 1.54) is 11.3 Å². The van der Waals surface area contributed by atoms with E-state index in [0.717, 1.165) is 32.1 Å². The highest BCUT2D eigenvalue weighted by Crippen LogP contribution is 2.40. The van der Waals surface area contributed by atoms with Crippen LogP contribution in [0.5, 0.6) is 11.5 Å². The molecule has 0 bridgehead atoms. The van der Waals surface area contributed by atoms with Gasteiger partial charge in [0, 0.05) is 44.8 Å². The first-order valence-electron chi connectivity index (χ1n) is 15.7. The molecule has 0 saturated heterocycles. The number of benzene rings is 4. The number of halogens is 1. The maximum atomic E-state index is 14.6. The fraction of sp³-hybridized carbons (Fsp3) is 0.154. The van der Waals surface area contributed by atoms with Crippen LogP contribution in [0, 0.1) is 0 Å². The molecular weight excluding hydrogens is 702 g/mol. The molecule has 1 aliphatic rings. The van der Waals surface area contributed by atoms with Gasteiger partial charge in [-0.3, -0.25) is 9.36 Å². The summed E-state index contributed by atoms with van der Waals surface area (Å²) in [5.74, 6) is 0.482. The number of methoxy groups -OCH3 is 2. The van der Waals surface area contributed by atoms with Crippen LogP contribution in [0.25, 0.3) is 22.7 Å². The molecule has 3 heterocycles. The molecule has 0 radical (unpaired) electrons. The second kappa shape index (κ2) is 13.7. The molecule has 49 heavy (non-hydrogen) atoms. The molecule has 0 aliphatic carbocycles. The van der Waals surface area contributed by atoms with Crippen LogP contribution in [0.2, 0.25) is 0 Å². The zero-order chi connectivity index (χ0) is 34.1. The van der Waals surface area contributed by atoms with E-state index in [-0.39, 0.29) is 17.7 Å². The lowest BCUT2D eigenvalue weighted by Gasteiger charge is -2.27. The van der Waals surface area contributed by atoms with Crippen molar-refractivity contribution in [1.82, 2.24) is 9.13 Å². The fourth-order valence-electron chi connectivity index (χ4n) is 6.24. The molecule has 7 rings (SSSR count). The summed E-state index contributed by atoms with van der Waals surface area (Å²) < 4.78 is 22.3. The van der Waals surface area contributed by atoms with Gasteiger partial charge in [-0.1, -0.05) is 87.9 Å². The summed E-state index contributed by atoms with van der Waals surface area (Å²) >= 11 is 4.80. The Bertz CT molecular complexity index is 2410. The number of nitrogens with zero attached hydrogens (tertiary/aromatic N) is 3. The van der Waals surface area contributed by atoms with Gasteiger partial charge in [0.1, 0.15) is 17.5 Å². The third-order valence-corrected chi connectivity index (χ3v) is 9.99. The van der Waals surface area contributed by atoms with Gasteiger partial charge >= 0.3 is 5.97 Å². The van der Waals surface area contributed by atoms with E-state index in [2.05, 4.69) is 51.0 Å². The predicted molar refractivity (Wildman–Crippen MR) is 196 cm³/mol. The van der Waals surface area contributed by atoms with Crippen LogP contribution in [0.4, 0.5) is 0 Å². The summed E-state index contributed by atoms with van der Waals surface area (Å²) in [6, 6.07) is 30.3. The van der Waals surface area contributed by atoms with Crippen LogP contribution < -0.4 is 24.4 Å². The van der Waals surface area contributed by atoms with Gasteiger partial charge in [0.05, 0.1) is 36.6 Å². The Morgan fingerprint density at radius 1 is 0.959 bits per heavy atom. The second-order valence-corrected chi connectivity index (χ2v) is 13.3. The Morgan fingerprint density at radius 3 is 2.45 bits per heavy atom. The Hall–Kier alpha value is -5.19. The lowest BCUT2D eigenvalue weighted by atomic mass is 9.92. The number of hydrogen-bond acceptors (Lipinski definition) is 7. The van der Waals surface area contributed by atoms with Crippen LogP contribution in [-0.2, 0) is 16.1 Å². The molecule has 8 nitrogen and oxygen atoms in total. The first kappa shape index (κ1) is 32.4. The highest BCUT2D eigenvalue weighted by atomic mass is 79.9. The number of hydrogen-bond donors (Lipinski definition) is 0. The van der Waals surface area contributed by atoms with Crippen molar-refractivity contribution in [3.8, 4) is 11.5 Å². The summed E-state index contributed by atoms with van der Waals surface area (Å²) in [4.78, 5) is 34.0. The minimum absolute atomic E-state index is 0.154. The van der Waals surface area contributed by atoms with Crippen molar-refractivity contribution in [1.29, 1.82) is 0 Å². The average Bonchev–Trinajstić information content (AvgIpc) is 3.64. The molecular formula is C39H32BrN3O5S. The number of ether oxygens (including phenoxy) is 3. The van der Waals surface area contributed by atoms with Gasteiger partial charge < -0.3 is 18.8 Å². The van der Waals surface area contributed by atoms with Crippen molar-refractivity contribution in [3.63, 3.8) is 0 Å². The standard InChI is InChI=1S/C39H32BrN3O5S/c1-4-48-38(45)34-35(25-10-6-5-7-11-25)41-39-43(36(34)30-21-28(46-2)18-19-32(30)47-3)37(44)33(49-39)20-26-23-42(31-13-9-8-12-29(26)31)22-24-14-16-27(40)17-15-24/h5-21,23,36H,4,22H2,1-3H3/b33-20+/t36-/m0/s1. The number of carbonyl (C=O) groups is 1. The largest absolute Gasteiger partial charge is 0.497 e. The Labute approximate surface area is 295 Å². The molecule has 0 unspecified atom stereocenters. The Morgan fingerprint density at radius 2 is 1.71 bits per heavy atom. The average molecular weight is 735 g/mol. The van der Waals surface area contributed by atoms with Gasteiger partial charge in [-0.05, 0) is 55.0 Å². The number of carbonyl (C=O) groups excluding carboxylic acids is 1. The molecule has 246 valence electrons. The minimum atomic E-state index is -0.906. The van der Waals surface area contributed by atoms with E-state index in [1.807, 2.05) is 60.7 Å². The van der Waals surface area contributed by atoms with E-state index in [9.17, 15) is 9.59 Å². The SMILES string of the molecule is CCOC(=O)C1=C(c2ccccc2)N=c2s/c(=C/c3cn(Cc4ccc(Br)cc4)c4ccccc34)c(=O)n2[C@H]1c1cc(OC)ccc1OC. The molecule has 2 aromatic heterocycles. The van der Waals surface area contributed by atoms with E-state index < -0.39 is 12.0 Å². The quantitative estimate of drug-likeness (QED) is 0.154. The van der Waals surface area contributed by atoms with Crippen molar-refractivity contribution >= 4 is 55.9 Å². The van der Waals surface area contributed by atoms with Gasteiger partial charge in [0.25, 0.3) is 5.56 Å². The maximum absolute atomic E-state index is 14.6. The number of thiazole rings is 1. The molecule has 6 aromatic rings. The zero-order valence-electron chi connectivity index (χ0n) is 27.1. The van der Waals surface area contributed by atoms with Crippen LogP contribution in [0.3, 0.4) is 0 Å². The fourth-order valence-corrected chi connectivity index (χ4v) is 7.49. The molecule has 0 spiro atoms. The van der Waals surface area contributed by atoms with E-state index in [4.69, 9.17) is 19.2 Å². The number of fused-ring (bicyclic) bond motifs is 2. The number of para-hydroxylation sites is 1. The molecule has 10 heteroatoms. The monoisotopic (exact) mass is 733 g/mol. The van der Waals surface area contributed by atoms with Crippen LogP contribution >= 0.6 is 27.3 Å². The minimum Gasteiger partial charge on any atom is -0.497 e. The van der Waals surface area contributed by atoms with Gasteiger partial charge in [0.15, 0.2) is 4.80 Å². The number of esters is 1. The molecule has 0 amide bonds. The van der Waals surface area contributed by atoms with Gasteiger partial charge in [0.2, 0.25) is 0 Å². The van der Waals surface area contributed by atoms with Gasteiger partial charge in [-0.15, -0.1) is 0 Å². The van der Waals surface area contributed by atoms with Crippen LogP contribution in [-0.4, -0.2) is 35.9 Å². The summed E-state index contributed by atoms with van der Waals surface area (Å²) in [7, 11) is 3.13. The number of aromatic nitrogens is 2. The van der Waals surface area contributed by atoms with Crippen molar-refractivity contribution in [2.75, 3.05) is 20.8 Å². The third kappa shape index (κ3) is 6.13. The van der Waals surface area contributed by atoms with Gasteiger partial charge in [-0.25, -0.2) is 9.79 Å². The second-order valence-electron chi connectivity index (χ2n) is 11.4. The topological polar surface area (TPSA) is 84.1 Å². The lowest BCUT2D eigenvalue weighted by molar-refractivity contribution is -0.138. The van der Waals surface area contributed by atoms with Crippen molar-refractivity contribution in [2.45, 2.75) is 19.5 Å². The molecule has 0 saturated carbocycles. The normalized spacial score (nSPS) is 14.4. The van der Waals surface area contributed by atoms with Gasteiger partial charge in [-0.2, -0.15) is 0 Å². The summed E-state index contributed by atoms with van der Waals surface area (Å²) in [5.41, 5.74) is 4.82. The van der Waals surface area contributed by atoms with E-state index in [1.54, 1.807) is 43.9 Å². The highest BCUT2D eigenvalue weighted by molar-refractivity contribution is 9.10. The highest BCUT2D eigenvalue weighted by Gasteiger charge is 2.37. The number of rotatable bonds is 9. The van der Waals surface area contributed by atoms with E-state index in [0.29, 0.717) is 38.6 Å². The van der Waals surface area contributed by atoms with Crippen molar-refractivity contribution < 1.29 is 19.0 Å². The van der Waals surface area contributed by atoms with Crippen LogP contribution in [0.15, 0.2) is 123 Å². The molecule has 0 N–H and O–H groups in total. The Balaban J connectivity index is 1.48. The molecule has 0 fully saturated rings. The summed E-state index contributed by atoms with van der Waals surface area (Å²) in [5, 5.41) is 1.02. The zero-order valence-corrected chi connectivity index (χ0v) is 29.5. The third-order valence-electron chi connectivity index (χ3n) is 8.48. The first-order chi connectivity index (χ1) is 23.9. The van der Waals surface area contributed by atoms with Crippen LogP contribution in [0.1, 0.15) is 35.2 Å². The summed E-state index contributed by atoms with van der Waals surface area (Å²) in [6.45, 7) is 2.58. The Kier molecular flexibility index (Phi) is 9.07. The first-order valence-corrected chi connectivity index (χ1v) is 17.3. The lowest BCUT2D eigenvalue weighted by Crippen LogP contribution is -2.40. The van der Waals surface area contributed by atoms with E-state index >= 15 is 0 Å². The maximum Gasteiger partial charge on any atom is 0.338 e. The smallest absolute Gasteiger partial charge is 0.338 e. The molecule has 1 aliphatic heterocycles. The summed E-state index contributed by atoms with van der Waals surface area (Å²) in [6.07, 6.45) is 3.99. The molecule has 1 atom stereocenters.